The second-order valence-electron chi connectivity index (χ2n) is 10.2. The van der Waals surface area contributed by atoms with Crippen molar-refractivity contribution < 1.29 is 9.84 Å². The maximum atomic E-state index is 10.1. The maximum absolute atomic E-state index is 10.1. The molecule has 0 spiro atoms. The highest BCUT2D eigenvalue weighted by Gasteiger charge is 2.34. The summed E-state index contributed by atoms with van der Waals surface area (Å²) in [6.07, 6.45) is 9.34. The van der Waals surface area contributed by atoms with Crippen LogP contribution in [0.4, 0.5) is 11.6 Å². The first-order valence-corrected chi connectivity index (χ1v) is 12.9. The summed E-state index contributed by atoms with van der Waals surface area (Å²) in [6.45, 7) is 5.97. The highest BCUT2D eigenvalue weighted by Crippen LogP contribution is 2.40. The summed E-state index contributed by atoms with van der Waals surface area (Å²) in [4.78, 5) is 17.8. The van der Waals surface area contributed by atoms with Gasteiger partial charge in [0.25, 0.3) is 0 Å². The van der Waals surface area contributed by atoms with Crippen LogP contribution in [0, 0.1) is 5.41 Å². The average molecular weight is 489 g/mol. The van der Waals surface area contributed by atoms with Crippen LogP contribution in [-0.4, -0.2) is 76.3 Å². The average Bonchev–Trinajstić information content (AvgIpc) is 3.39. The van der Waals surface area contributed by atoms with Gasteiger partial charge in [-0.25, -0.2) is 15.0 Å². The third-order valence-corrected chi connectivity index (χ3v) is 7.48. The first kappa shape index (κ1) is 24.6. The third kappa shape index (κ3) is 6.00. The lowest BCUT2D eigenvalue weighted by Gasteiger charge is -2.32. The number of rotatable bonds is 9. The van der Waals surface area contributed by atoms with E-state index < -0.39 is 0 Å². The molecule has 1 aliphatic heterocycles. The van der Waals surface area contributed by atoms with Gasteiger partial charge in [0.15, 0.2) is 0 Å². The molecule has 36 heavy (non-hydrogen) atoms. The number of hydrogen-bond acceptors (Lipinski definition) is 8. The molecule has 2 fully saturated rings. The van der Waals surface area contributed by atoms with E-state index in [1.165, 1.54) is 11.9 Å². The Hall–Kier alpha value is -3.07. The molecule has 1 saturated heterocycles. The zero-order chi connectivity index (χ0) is 24.8. The van der Waals surface area contributed by atoms with E-state index in [0.29, 0.717) is 18.2 Å². The first-order chi connectivity index (χ1) is 17.6. The minimum Gasteiger partial charge on any atom is -0.492 e. The lowest BCUT2D eigenvalue weighted by Crippen LogP contribution is -2.43. The van der Waals surface area contributed by atoms with E-state index in [4.69, 9.17) is 4.74 Å². The van der Waals surface area contributed by atoms with Gasteiger partial charge in [-0.3, -0.25) is 4.90 Å². The number of piperazine rings is 1. The summed E-state index contributed by atoms with van der Waals surface area (Å²) in [5, 5.41) is 13.4. The van der Waals surface area contributed by atoms with Gasteiger partial charge in [0, 0.05) is 62.2 Å². The van der Waals surface area contributed by atoms with Gasteiger partial charge in [0.05, 0.1) is 13.2 Å². The molecule has 3 aromatic rings. The van der Waals surface area contributed by atoms with Crippen molar-refractivity contribution in [1.29, 1.82) is 0 Å². The molecule has 0 bridgehead atoms. The van der Waals surface area contributed by atoms with Gasteiger partial charge in [-0.2, -0.15) is 0 Å². The Balaban J connectivity index is 1.40. The number of benzene rings is 1. The zero-order valence-corrected chi connectivity index (χ0v) is 21.1. The molecule has 2 aliphatic rings. The van der Waals surface area contributed by atoms with E-state index in [1.54, 1.807) is 12.3 Å². The van der Waals surface area contributed by atoms with Gasteiger partial charge in [-0.05, 0) is 43.1 Å². The standard InChI is InChI=1S/C28H36N6O2/c1-33-11-13-34(14-12-33)18-22-5-4-6-23(15-22)24-17-30-27(32-26-7-10-29-21-31-26)16-25(24)36-20-28(19-35)8-2-3-9-28/h4-7,10,15-17,21,35H,2-3,8-9,11-14,18-20H2,1H3,(H,29,30,31,32). The first-order valence-electron chi connectivity index (χ1n) is 12.9. The number of aliphatic hydroxyl groups is 1. The minimum absolute atomic E-state index is 0.153. The summed E-state index contributed by atoms with van der Waals surface area (Å²) >= 11 is 0. The van der Waals surface area contributed by atoms with Crippen LogP contribution in [0.2, 0.25) is 0 Å². The van der Waals surface area contributed by atoms with Crippen molar-refractivity contribution in [3.8, 4) is 16.9 Å². The van der Waals surface area contributed by atoms with Gasteiger partial charge in [0.2, 0.25) is 0 Å². The molecule has 0 atom stereocenters. The second-order valence-corrected chi connectivity index (χ2v) is 10.2. The second kappa shape index (κ2) is 11.3. The summed E-state index contributed by atoms with van der Waals surface area (Å²) in [6, 6.07) is 12.4. The largest absolute Gasteiger partial charge is 0.492 e. The molecule has 1 aromatic carbocycles. The van der Waals surface area contributed by atoms with Crippen molar-refractivity contribution in [1.82, 2.24) is 24.8 Å². The van der Waals surface area contributed by atoms with E-state index in [0.717, 1.165) is 75.3 Å². The Bertz CT molecular complexity index is 1130. The quantitative estimate of drug-likeness (QED) is 0.468. The molecule has 1 saturated carbocycles. The van der Waals surface area contributed by atoms with Crippen LogP contribution in [0.1, 0.15) is 31.2 Å². The molecule has 2 aromatic heterocycles. The molecule has 5 rings (SSSR count). The van der Waals surface area contributed by atoms with E-state index >= 15 is 0 Å². The monoisotopic (exact) mass is 488 g/mol. The molecular weight excluding hydrogens is 452 g/mol. The van der Waals surface area contributed by atoms with Crippen molar-refractivity contribution >= 4 is 11.6 Å². The van der Waals surface area contributed by atoms with Crippen LogP contribution >= 0.6 is 0 Å². The number of aliphatic hydroxyl groups excluding tert-OH is 1. The summed E-state index contributed by atoms with van der Waals surface area (Å²) in [5.74, 6) is 2.09. The topological polar surface area (TPSA) is 86.6 Å². The lowest BCUT2D eigenvalue weighted by atomic mass is 9.88. The van der Waals surface area contributed by atoms with Crippen molar-refractivity contribution in [2.75, 3.05) is 51.8 Å². The molecule has 3 heterocycles. The number of likely N-dealkylation sites (N-methyl/N-ethyl adjacent to an activating group) is 1. The molecular formula is C28H36N6O2. The van der Waals surface area contributed by atoms with Crippen LogP contribution in [0.25, 0.3) is 11.1 Å². The van der Waals surface area contributed by atoms with Crippen LogP contribution in [0.3, 0.4) is 0 Å². The Morgan fingerprint density at radius 2 is 1.86 bits per heavy atom. The highest BCUT2D eigenvalue weighted by molar-refractivity contribution is 5.72. The van der Waals surface area contributed by atoms with Crippen molar-refractivity contribution in [3.63, 3.8) is 0 Å². The van der Waals surface area contributed by atoms with Gasteiger partial charge in [-0.15, -0.1) is 0 Å². The molecule has 0 amide bonds. The molecule has 0 radical (unpaired) electrons. The van der Waals surface area contributed by atoms with Gasteiger partial charge in [0.1, 0.15) is 23.7 Å². The molecule has 190 valence electrons. The molecule has 8 heteroatoms. The molecule has 0 unspecified atom stereocenters. The lowest BCUT2D eigenvalue weighted by molar-refractivity contribution is 0.0721. The summed E-state index contributed by atoms with van der Waals surface area (Å²) in [7, 11) is 2.18. The van der Waals surface area contributed by atoms with Crippen LogP contribution < -0.4 is 10.1 Å². The van der Waals surface area contributed by atoms with E-state index in [9.17, 15) is 5.11 Å². The van der Waals surface area contributed by atoms with Crippen LogP contribution in [0.5, 0.6) is 5.75 Å². The van der Waals surface area contributed by atoms with E-state index in [-0.39, 0.29) is 12.0 Å². The highest BCUT2D eigenvalue weighted by atomic mass is 16.5. The van der Waals surface area contributed by atoms with Crippen LogP contribution in [-0.2, 0) is 6.54 Å². The van der Waals surface area contributed by atoms with E-state index in [2.05, 4.69) is 61.4 Å². The van der Waals surface area contributed by atoms with Crippen molar-refractivity contribution in [2.45, 2.75) is 32.2 Å². The predicted octanol–water partition coefficient (Wildman–Crippen LogP) is 3.96. The number of pyridine rings is 1. The predicted molar refractivity (Wildman–Crippen MR) is 141 cm³/mol. The zero-order valence-electron chi connectivity index (χ0n) is 21.1. The normalized spacial score (nSPS) is 18.3. The number of aromatic nitrogens is 3. The number of ether oxygens (including phenoxy) is 1. The fourth-order valence-corrected chi connectivity index (χ4v) is 5.14. The summed E-state index contributed by atoms with van der Waals surface area (Å²) in [5.41, 5.74) is 3.16. The van der Waals surface area contributed by atoms with Gasteiger partial charge in [-0.1, -0.05) is 31.0 Å². The molecule has 1 aliphatic carbocycles. The Labute approximate surface area is 213 Å². The Morgan fingerprint density at radius 3 is 2.61 bits per heavy atom. The number of nitrogens with zero attached hydrogens (tertiary/aromatic N) is 5. The Morgan fingerprint density at radius 1 is 1.03 bits per heavy atom. The van der Waals surface area contributed by atoms with Crippen molar-refractivity contribution in [3.05, 3.63) is 60.7 Å². The van der Waals surface area contributed by atoms with E-state index in [1.807, 2.05) is 12.3 Å². The fraction of sp³-hybridized carbons (Fsp3) is 0.464. The SMILES string of the molecule is CN1CCN(Cc2cccc(-c3cnc(Nc4ccncn4)cc3OCC3(CO)CCCC3)c2)CC1. The van der Waals surface area contributed by atoms with Crippen LogP contribution in [0.15, 0.2) is 55.1 Å². The summed E-state index contributed by atoms with van der Waals surface area (Å²) < 4.78 is 6.46. The smallest absolute Gasteiger partial charge is 0.135 e. The molecule has 8 nitrogen and oxygen atoms in total. The fourth-order valence-electron chi connectivity index (χ4n) is 5.14. The molecule has 2 N–H and O–H groups in total. The number of anilines is 2. The van der Waals surface area contributed by atoms with Gasteiger partial charge >= 0.3 is 0 Å². The Kier molecular flexibility index (Phi) is 7.75. The maximum Gasteiger partial charge on any atom is 0.135 e. The number of nitrogens with one attached hydrogen (secondary N) is 1. The van der Waals surface area contributed by atoms with Crippen molar-refractivity contribution in [2.24, 2.45) is 5.41 Å². The minimum atomic E-state index is -0.163. The number of hydrogen-bond donors (Lipinski definition) is 2. The van der Waals surface area contributed by atoms with Gasteiger partial charge < -0.3 is 20.1 Å². The third-order valence-electron chi connectivity index (χ3n) is 7.48.